The first-order valence-corrected chi connectivity index (χ1v) is 7.49. The van der Waals surface area contributed by atoms with Crippen LogP contribution in [0.3, 0.4) is 0 Å². The molecule has 0 aromatic heterocycles. The summed E-state index contributed by atoms with van der Waals surface area (Å²) in [6, 6.07) is 4.73. The number of carboxylic acid groups (broad SMARTS) is 1. The van der Waals surface area contributed by atoms with Gasteiger partial charge in [-0.1, -0.05) is 6.07 Å². The van der Waals surface area contributed by atoms with Crippen LogP contribution >= 0.6 is 0 Å². The molecule has 1 aromatic carbocycles. The van der Waals surface area contributed by atoms with Gasteiger partial charge in [0, 0.05) is 12.1 Å². The molecule has 110 valence electrons. The zero-order chi connectivity index (χ0) is 15.3. The molecule has 0 saturated carbocycles. The summed E-state index contributed by atoms with van der Waals surface area (Å²) in [5.74, 6) is -1.03. The topological polar surface area (TPSA) is 95.5 Å². The predicted molar refractivity (Wildman–Crippen MR) is 78.7 cm³/mol. The van der Waals surface area contributed by atoms with Crippen molar-refractivity contribution in [1.82, 2.24) is 4.72 Å². The zero-order valence-electron chi connectivity index (χ0n) is 11.5. The van der Waals surface area contributed by atoms with Gasteiger partial charge in [-0.3, -0.25) is 4.72 Å². The molecule has 0 aliphatic heterocycles. The number of carboxylic acids is 1. The Labute approximate surface area is 118 Å². The Kier molecular flexibility index (Phi) is 5.29. The lowest BCUT2D eigenvalue weighted by Crippen LogP contribution is -2.35. The van der Waals surface area contributed by atoms with Gasteiger partial charge in [0.15, 0.2) is 0 Å². The molecule has 7 heteroatoms. The highest BCUT2D eigenvalue weighted by molar-refractivity contribution is 7.90. The standard InChI is InChI=1S/C13H18N2O4S/c1-9(2)14-20(18,19)15-12-6-4-11(8-10(12)3)5-7-13(16)17/h4-9,14-15H,1-3H3,(H,16,17)/b7-5+. The first-order chi connectivity index (χ1) is 9.19. The highest BCUT2D eigenvalue weighted by Gasteiger charge is 2.12. The molecule has 0 fully saturated rings. The van der Waals surface area contributed by atoms with E-state index in [2.05, 4.69) is 9.44 Å². The molecule has 6 nitrogen and oxygen atoms in total. The number of anilines is 1. The Morgan fingerprint density at radius 1 is 1.35 bits per heavy atom. The molecular formula is C13H18N2O4S. The number of aliphatic carboxylic acids is 1. The quantitative estimate of drug-likeness (QED) is 0.697. The molecule has 0 aliphatic rings. The van der Waals surface area contributed by atoms with Crippen molar-refractivity contribution in [2.75, 3.05) is 4.72 Å². The molecule has 0 heterocycles. The van der Waals surface area contributed by atoms with Gasteiger partial charge >= 0.3 is 5.97 Å². The molecule has 0 amide bonds. The van der Waals surface area contributed by atoms with Crippen LogP contribution in [0.1, 0.15) is 25.0 Å². The van der Waals surface area contributed by atoms with Crippen molar-refractivity contribution >= 4 is 27.9 Å². The highest BCUT2D eigenvalue weighted by atomic mass is 32.2. The predicted octanol–water partition coefficient (Wildman–Crippen LogP) is 1.75. The van der Waals surface area contributed by atoms with Crippen molar-refractivity contribution in [1.29, 1.82) is 0 Å². The van der Waals surface area contributed by atoms with Crippen LogP contribution < -0.4 is 9.44 Å². The Morgan fingerprint density at radius 2 is 2.00 bits per heavy atom. The third-order valence-electron chi connectivity index (χ3n) is 2.30. The van der Waals surface area contributed by atoms with Crippen molar-refractivity contribution in [2.24, 2.45) is 0 Å². The number of rotatable bonds is 6. The largest absolute Gasteiger partial charge is 0.478 e. The van der Waals surface area contributed by atoms with Crippen LogP contribution in [-0.4, -0.2) is 25.5 Å². The van der Waals surface area contributed by atoms with Crippen LogP contribution in [0.2, 0.25) is 0 Å². The van der Waals surface area contributed by atoms with Crippen molar-refractivity contribution in [3.63, 3.8) is 0 Å². The minimum absolute atomic E-state index is 0.203. The third-order valence-corrected chi connectivity index (χ3v) is 3.57. The molecule has 0 bridgehead atoms. The molecule has 1 aromatic rings. The Bertz CT molecular complexity index is 621. The van der Waals surface area contributed by atoms with E-state index in [1.54, 1.807) is 39.0 Å². The molecule has 3 N–H and O–H groups in total. The average Bonchev–Trinajstić information content (AvgIpc) is 2.27. The summed E-state index contributed by atoms with van der Waals surface area (Å²) in [4.78, 5) is 10.4. The van der Waals surface area contributed by atoms with E-state index in [1.165, 1.54) is 6.08 Å². The van der Waals surface area contributed by atoms with Gasteiger partial charge in [0.25, 0.3) is 10.2 Å². The Balaban J connectivity index is 2.91. The number of benzene rings is 1. The Hall–Kier alpha value is -1.86. The van der Waals surface area contributed by atoms with Crippen LogP contribution in [0.4, 0.5) is 5.69 Å². The molecule has 0 unspecified atom stereocenters. The maximum Gasteiger partial charge on any atom is 0.328 e. The second-order valence-electron chi connectivity index (χ2n) is 4.62. The first-order valence-electron chi connectivity index (χ1n) is 6.01. The van der Waals surface area contributed by atoms with Gasteiger partial charge in [-0.25, -0.2) is 4.79 Å². The van der Waals surface area contributed by atoms with Gasteiger partial charge in [-0.15, -0.1) is 0 Å². The SMILES string of the molecule is Cc1cc(/C=C/C(=O)O)ccc1NS(=O)(=O)NC(C)C. The molecular weight excluding hydrogens is 280 g/mol. The lowest BCUT2D eigenvalue weighted by molar-refractivity contribution is -0.131. The number of hydrogen-bond acceptors (Lipinski definition) is 3. The maximum absolute atomic E-state index is 11.7. The fraction of sp³-hybridized carbons (Fsp3) is 0.308. The van der Waals surface area contributed by atoms with E-state index >= 15 is 0 Å². The summed E-state index contributed by atoms with van der Waals surface area (Å²) < 4.78 is 28.3. The van der Waals surface area contributed by atoms with Crippen molar-refractivity contribution in [2.45, 2.75) is 26.8 Å². The van der Waals surface area contributed by atoms with Gasteiger partial charge in [0.1, 0.15) is 0 Å². The van der Waals surface area contributed by atoms with Crippen LogP contribution in [0.15, 0.2) is 24.3 Å². The number of nitrogens with one attached hydrogen (secondary N) is 2. The molecule has 0 spiro atoms. The van der Waals surface area contributed by atoms with Crippen LogP contribution in [0, 0.1) is 6.92 Å². The van der Waals surface area contributed by atoms with Crippen molar-refractivity contribution < 1.29 is 18.3 Å². The van der Waals surface area contributed by atoms with Crippen molar-refractivity contribution in [3.05, 3.63) is 35.4 Å². The molecule has 1 rings (SSSR count). The van der Waals surface area contributed by atoms with Gasteiger partial charge in [-0.05, 0) is 50.1 Å². The van der Waals surface area contributed by atoms with E-state index in [0.717, 1.165) is 6.08 Å². The minimum Gasteiger partial charge on any atom is -0.478 e. The van der Waals surface area contributed by atoms with Crippen LogP contribution in [0.5, 0.6) is 0 Å². The summed E-state index contributed by atoms with van der Waals surface area (Å²) >= 11 is 0. The maximum atomic E-state index is 11.7. The van der Waals surface area contributed by atoms with Gasteiger partial charge < -0.3 is 5.11 Å². The van der Waals surface area contributed by atoms with Gasteiger partial charge in [0.2, 0.25) is 0 Å². The summed E-state index contributed by atoms with van der Waals surface area (Å²) in [6.45, 7) is 5.20. The molecule has 0 radical (unpaired) electrons. The van der Waals surface area contributed by atoms with E-state index in [0.29, 0.717) is 16.8 Å². The lowest BCUT2D eigenvalue weighted by atomic mass is 10.1. The number of hydrogen-bond donors (Lipinski definition) is 3. The fourth-order valence-electron chi connectivity index (χ4n) is 1.56. The number of aryl methyl sites for hydroxylation is 1. The average molecular weight is 298 g/mol. The van der Waals surface area contributed by atoms with E-state index < -0.39 is 16.2 Å². The third kappa shape index (κ3) is 5.41. The summed E-state index contributed by atoms with van der Waals surface area (Å²) in [6.07, 6.45) is 2.47. The van der Waals surface area contributed by atoms with Crippen LogP contribution in [-0.2, 0) is 15.0 Å². The molecule has 0 atom stereocenters. The Morgan fingerprint density at radius 3 is 2.50 bits per heavy atom. The summed E-state index contributed by atoms with van der Waals surface area (Å²) in [5.41, 5.74) is 1.84. The molecule has 0 aliphatic carbocycles. The lowest BCUT2D eigenvalue weighted by Gasteiger charge is -2.13. The fourth-order valence-corrected chi connectivity index (χ4v) is 2.76. The number of carbonyl (C=O) groups is 1. The monoisotopic (exact) mass is 298 g/mol. The van der Waals surface area contributed by atoms with E-state index in [4.69, 9.17) is 5.11 Å². The van der Waals surface area contributed by atoms with E-state index in [-0.39, 0.29) is 6.04 Å². The highest BCUT2D eigenvalue weighted by Crippen LogP contribution is 2.18. The smallest absolute Gasteiger partial charge is 0.328 e. The zero-order valence-corrected chi connectivity index (χ0v) is 12.4. The summed E-state index contributed by atoms with van der Waals surface area (Å²) in [7, 11) is -3.61. The van der Waals surface area contributed by atoms with E-state index in [1.807, 2.05) is 0 Å². The first kappa shape index (κ1) is 16.2. The summed E-state index contributed by atoms with van der Waals surface area (Å²) in [5, 5.41) is 8.55. The molecule has 20 heavy (non-hydrogen) atoms. The normalized spacial score (nSPS) is 12.0. The van der Waals surface area contributed by atoms with Gasteiger partial charge in [0.05, 0.1) is 5.69 Å². The molecule has 0 saturated heterocycles. The second-order valence-corrected chi connectivity index (χ2v) is 6.07. The van der Waals surface area contributed by atoms with Gasteiger partial charge in [-0.2, -0.15) is 13.1 Å². The van der Waals surface area contributed by atoms with Crippen molar-refractivity contribution in [3.8, 4) is 0 Å². The minimum atomic E-state index is -3.61. The van der Waals surface area contributed by atoms with E-state index in [9.17, 15) is 13.2 Å². The van der Waals surface area contributed by atoms with Crippen LogP contribution in [0.25, 0.3) is 6.08 Å². The second kappa shape index (κ2) is 6.53.